The highest BCUT2D eigenvalue weighted by molar-refractivity contribution is 7.91. The van der Waals surface area contributed by atoms with Gasteiger partial charge in [-0.1, -0.05) is 6.92 Å². The zero-order valence-electron chi connectivity index (χ0n) is 13.8. The molecule has 1 amide bonds. The second-order valence-electron chi connectivity index (χ2n) is 6.35. The SMILES string of the molecule is CCCN(CC(=O)N(CC)C1CCS(=O)(=O)C1)C1CCNC1. The molecule has 0 saturated carbocycles. The minimum absolute atomic E-state index is 0.0740. The number of hydrogen-bond donors (Lipinski definition) is 1. The third kappa shape index (κ3) is 4.43. The van der Waals surface area contributed by atoms with E-state index in [1.54, 1.807) is 4.90 Å². The maximum absolute atomic E-state index is 12.7. The van der Waals surface area contributed by atoms with Gasteiger partial charge in [-0.15, -0.1) is 0 Å². The van der Waals surface area contributed by atoms with Crippen LogP contribution in [-0.4, -0.2) is 80.4 Å². The maximum atomic E-state index is 12.7. The molecule has 0 bridgehead atoms. The summed E-state index contributed by atoms with van der Waals surface area (Å²) in [5, 5.41) is 3.35. The van der Waals surface area contributed by atoms with Crippen molar-refractivity contribution in [3.05, 3.63) is 0 Å². The third-order valence-electron chi connectivity index (χ3n) is 4.71. The molecule has 0 aliphatic carbocycles. The van der Waals surface area contributed by atoms with Gasteiger partial charge in [0.05, 0.1) is 18.1 Å². The lowest BCUT2D eigenvalue weighted by atomic mass is 10.2. The molecule has 2 heterocycles. The van der Waals surface area contributed by atoms with Crippen molar-refractivity contribution in [2.75, 3.05) is 44.2 Å². The molecule has 0 aromatic heterocycles. The highest BCUT2D eigenvalue weighted by atomic mass is 32.2. The van der Waals surface area contributed by atoms with E-state index in [2.05, 4.69) is 17.1 Å². The number of amides is 1. The molecule has 2 unspecified atom stereocenters. The smallest absolute Gasteiger partial charge is 0.237 e. The summed E-state index contributed by atoms with van der Waals surface area (Å²) in [6.45, 7) is 7.92. The monoisotopic (exact) mass is 331 g/mol. The first-order valence-corrected chi connectivity index (χ1v) is 10.2. The Morgan fingerprint density at radius 3 is 2.50 bits per heavy atom. The van der Waals surface area contributed by atoms with Gasteiger partial charge in [-0.05, 0) is 39.3 Å². The van der Waals surface area contributed by atoms with Crippen molar-refractivity contribution in [3.63, 3.8) is 0 Å². The van der Waals surface area contributed by atoms with Crippen molar-refractivity contribution in [3.8, 4) is 0 Å². The molecule has 0 aromatic rings. The Kier molecular flexibility index (Phi) is 6.23. The summed E-state index contributed by atoms with van der Waals surface area (Å²) in [6, 6.07) is 0.294. The van der Waals surface area contributed by atoms with Gasteiger partial charge in [0.25, 0.3) is 0 Å². The summed E-state index contributed by atoms with van der Waals surface area (Å²) in [7, 11) is -2.96. The van der Waals surface area contributed by atoms with E-state index >= 15 is 0 Å². The fourth-order valence-corrected chi connectivity index (χ4v) is 5.28. The Morgan fingerprint density at radius 1 is 1.23 bits per heavy atom. The first-order valence-electron chi connectivity index (χ1n) is 8.41. The number of nitrogens with one attached hydrogen (secondary N) is 1. The minimum Gasteiger partial charge on any atom is -0.338 e. The number of carbonyl (C=O) groups excluding carboxylic acids is 1. The first-order chi connectivity index (χ1) is 10.5. The summed E-state index contributed by atoms with van der Waals surface area (Å²) in [5.74, 6) is 0.419. The van der Waals surface area contributed by atoms with Gasteiger partial charge in [0, 0.05) is 25.2 Å². The summed E-state index contributed by atoms with van der Waals surface area (Å²) in [6.07, 6.45) is 2.69. The van der Waals surface area contributed by atoms with Gasteiger partial charge >= 0.3 is 0 Å². The van der Waals surface area contributed by atoms with Gasteiger partial charge in [0.15, 0.2) is 9.84 Å². The molecular formula is C15H29N3O3S. The van der Waals surface area contributed by atoms with Crippen molar-refractivity contribution in [2.45, 2.75) is 45.2 Å². The molecular weight excluding hydrogens is 302 g/mol. The molecule has 7 heteroatoms. The predicted octanol–water partition coefficient (Wildman–Crippen LogP) is 0.0959. The number of nitrogens with zero attached hydrogens (tertiary/aromatic N) is 2. The fraction of sp³-hybridized carbons (Fsp3) is 0.933. The molecule has 2 fully saturated rings. The summed E-state index contributed by atoms with van der Waals surface area (Å²) in [5.41, 5.74) is 0. The van der Waals surface area contributed by atoms with Crippen LogP contribution in [0.15, 0.2) is 0 Å². The number of hydrogen-bond acceptors (Lipinski definition) is 5. The van der Waals surface area contributed by atoms with Crippen LogP contribution in [0, 0.1) is 0 Å². The highest BCUT2D eigenvalue weighted by Gasteiger charge is 2.35. The summed E-state index contributed by atoms with van der Waals surface area (Å²) in [4.78, 5) is 16.7. The molecule has 1 N–H and O–H groups in total. The molecule has 2 aliphatic rings. The molecule has 128 valence electrons. The fourth-order valence-electron chi connectivity index (χ4n) is 3.55. The second-order valence-corrected chi connectivity index (χ2v) is 8.58. The van der Waals surface area contributed by atoms with Crippen molar-refractivity contribution in [1.29, 1.82) is 0 Å². The zero-order valence-corrected chi connectivity index (χ0v) is 14.6. The Morgan fingerprint density at radius 2 is 2.00 bits per heavy atom. The molecule has 22 heavy (non-hydrogen) atoms. The second kappa shape index (κ2) is 7.75. The van der Waals surface area contributed by atoms with Gasteiger partial charge in [0.2, 0.25) is 5.91 Å². The normalized spacial score (nSPS) is 27.4. The molecule has 0 aromatic carbocycles. The Hall–Kier alpha value is -0.660. The average molecular weight is 331 g/mol. The quantitative estimate of drug-likeness (QED) is 0.716. The van der Waals surface area contributed by atoms with E-state index in [1.807, 2.05) is 6.92 Å². The Balaban J connectivity index is 1.97. The lowest BCUT2D eigenvalue weighted by Crippen LogP contribution is -2.49. The third-order valence-corrected chi connectivity index (χ3v) is 6.46. The van der Waals surface area contributed by atoms with Crippen LogP contribution in [0.3, 0.4) is 0 Å². The van der Waals surface area contributed by atoms with Gasteiger partial charge < -0.3 is 10.2 Å². The maximum Gasteiger partial charge on any atom is 0.237 e. The van der Waals surface area contributed by atoms with Crippen LogP contribution < -0.4 is 5.32 Å². The van der Waals surface area contributed by atoms with Gasteiger partial charge in [-0.3, -0.25) is 9.69 Å². The molecule has 2 aliphatic heterocycles. The van der Waals surface area contributed by atoms with Gasteiger partial charge in [-0.2, -0.15) is 0 Å². The molecule has 2 rings (SSSR count). The van der Waals surface area contributed by atoms with E-state index in [0.717, 1.165) is 32.5 Å². The lowest BCUT2D eigenvalue weighted by molar-refractivity contribution is -0.134. The molecule has 2 saturated heterocycles. The van der Waals surface area contributed by atoms with Crippen LogP contribution in [0.1, 0.15) is 33.1 Å². The summed E-state index contributed by atoms with van der Waals surface area (Å²) >= 11 is 0. The van der Waals surface area contributed by atoms with Crippen LogP contribution in [-0.2, 0) is 14.6 Å². The number of carbonyl (C=O) groups is 1. The molecule has 0 radical (unpaired) electrons. The number of rotatable bonds is 7. The van der Waals surface area contributed by atoms with Crippen molar-refractivity contribution < 1.29 is 13.2 Å². The van der Waals surface area contributed by atoms with E-state index in [0.29, 0.717) is 25.6 Å². The van der Waals surface area contributed by atoms with E-state index in [4.69, 9.17) is 0 Å². The van der Waals surface area contributed by atoms with Crippen LogP contribution in [0.4, 0.5) is 0 Å². The molecule has 0 spiro atoms. The minimum atomic E-state index is -2.96. The van der Waals surface area contributed by atoms with Crippen LogP contribution in [0.2, 0.25) is 0 Å². The number of likely N-dealkylation sites (N-methyl/N-ethyl adjacent to an activating group) is 1. The largest absolute Gasteiger partial charge is 0.338 e. The van der Waals surface area contributed by atoms with Crippen LogP contribution in [0.25, 0.3) is 0 Å². The van der Waals surface area contributed by atoms with Crippen molar-refractivity contribution >= 4 is 15.7 Å². The van der Waals surface area contributed by atoms with E-state index in [1.165, 1.54) is 0 Å². The standard InChI is InChI=1S/C15H29N3O3S/c1-3-8-17(13-5-7-16-10-13)11-15(19)18(4-2)14-6-9-22(20,21)12-14/h13-14,16H,3-12H2,1-2H3. The van der Waals surface area contributed by atoms with E-state index < -0.39 is 9.84 Å². The summed E-state index contributed by atoms with van der Waals surface area (Å²) < 4.78 is 23.3. The zero-order chi connectivity index (χ0) is 16.2. The topological polar surface area (TPSA) is 69.7 Å². The highest BCUT2D eigenvalue weighted by Crippen LogP contribution is 2.18. The van der Waals surface area contributed by atoms with Crippen molar-refractivity contribution in [1.82, 2.24) is 15.1 Å². The Bertz CT molecular complexity index is 474. The van der Waals surface area contributed by atoms with Crippen LogP contribution >= 0.6 is 0 Å². The average Bonchev–Trinajstić information content (AvgIpc) is 3.09. The predicted molar refractivity (Wildman–Crippen MR) is 87.6 cm³/mol. The molecule has 2 atom stereocenters. The number of sulfone groups is 1. The van der Waals surface area contributed by atoms with Gasteiger partial charge in [-0.25, -0.2) is 8.42 Å². The molecule has 6 nitrogen and oxygen atoms in total. The lowest BCUT2D eigenvalue weighted by Gasteiger charge is -2.32. The van der Waals surface area contributed by atoms with E-state index in [9.17, 15) is 13.2 Å². The first kappa shape index (κ1) is 17.7. The van der Waals surface area contributed by atoms with E-state index in [-0.39, 0.29) is 23.5 Å². The van der Waals surface area contributed by atoms with Crippen LogP contribution in [0.5, 0.6) is 0 Å². The Labute approximate surface area is 134 Å². The van der Waals surface area contributed by atoms with Gasteiger partial charge in [0.1, 0.15) is 0 Å². The van der Waals surface area contributed by atoms with Crippen molar-refractivity contribution in [2.24, 2.45) is 0 Å².